The Morgan fingerprint density at radius 1 is 1.18 bits per heavy atom. The SMILES string of the molecule is CC1(C)c2[nH]nc(NC(=O)C3([Si](C)(C)C)CCC3)c2CN1C(=O)Nc1c(F)ccc2ccoc12. The Balaban J connectivity index is 1.39. The second-order valence-electron chi connectivity index (χ2n) is 10.9. The summed E-state index contributed by atoms with van der Waals surface area (Å²) < 4.78 is 19.9. The molecule has 1 aromatic carbocycles. The van der Waals surface area contributed by atoms with E-state index in [0.29, 0.717) is 11.2 Å². The highest BCUT2D eigenvalue weighted by atomic mass is 28.3. The van der Waals surface area contributed by atoms with Crippen LogP contribution in [-0.2, 0) is 16.9 Å². The highest BCUT2D eigenvalue weighted by Crippen LogP contribution is 2.56. The first-order valence-corrected chi connectivity index (χ1v) is 15.1. The Morgan fingerprint density at radius 3 is 2.56 bits per heavy atom. The lowest BCUT2D eigenvalue weighted by molar-refractivity contribution is -0.121. The molecule has 3 N–H and O–H groups in total. The standard InChI is InChI=1S/C24H30FN5O3Si/c1-23(2)19-15(20(29-28-19)27-21(31)24(10-6-11-24)34(3,4)5)13-30(23)22(32)26-17-16(25)8-7-14-9-12-33-18(14)17/h7-9,12H,6,10-11,13H2,1-5H3,(H,26,32)(H2,27,28,29,31). The van der Waals surface area contributed by atoms with Crippen molar-refractivity contribution in [3.8, 4) is 0 Å². The molecule has 0 bridgehead atoms. The van der Waals surface area contributed by atoms with Crippen molar-refractivity contribution in [1.82, 2.24) is 15.1 Å². The van der Waals surface area contributed by atoms with Crippen LogP contribution in [0.2, 0.25) is 24.7 Å². The van der Waals surface area contributed by atoms with Crippen LogP contribution >= 0.6 is 0 Å². The van der Waals surface area contributed by atoms with Gasteiger partial charge in [-0.2, -0.15) is 5.10 Å². The van der Waals surface area contributed by atoms with E-state index in [-0.39, 0.29) is 28.8 Å². The monoisotopic (exact) mass is 483 g/mol. The van der Waals surface area contributed by atoms with Gasteiger partial charge < -0.3 is 20.0 Å². The van der Waals surface area contributed by atoms with Crippen LogP contribution in [0.3, 0.4) is 0 Å². The first kappa shape index (κ1) is 22.6. The first-order valence-electron chi connectivity index (χ1n) is 11.6. The quantitative estimate of drug-likeness (QED) is 0.409. The lowest BCUT2D eigenvalue weighted by Crippen LogP contribution is -2.52. The fraction of sp³-hybridized carbons (Fsp3) is 0.458. The molecule has 3 aromatic rings. The summed E-state index contributed by atoms with van der Waals surface area (Å²) >= 11 is 0. The fourth-order valence-corrected chi connectivity index (χ4v) is 7.92. The number of fused-ring (bicyclic) bond motifs is 2. The molecule has 5 rings (SSSR count). The minimum Gasteiger partial charge on any atom is -0.462 e. The normalized spacial score (nSPS) is 18.5. The van der Waals surface area contributed by atoms with Gasteiger partial charge in [-0.25, -0.2) is 9.18 Å². The Morgan fingerprint density at radius 2 is 1.91 bits per heavy atom. The maximum Gasteiger partial charge on any atom is 0.323 e. The van der Waals surface area contributed by atoms with Crippen LogP contribution in [0.1, 0.15) is 44.4 Å². The van der Waals surface area contributed by atoms with Crippen LogP contribution in [0.5, 0.6) is 0 Å². The van der Waals surface area contributed by atoms with Gasteiger partial charge >= 0.3 is 6.03 Å². The topological polar surface area (TPSA) is 103 Å². The van der Waals surface area contributed by atoms with Gasteiger partial charge in [0.05, 0.1) is 32.1 Å². The molecule has 3 amide bonds. The molecular formula is C24H30FN5O3Si. The summed E-state index contributed by atoms with van der Waals surface area (Å²) in [5, 5.41) is 13.6. The average molecular weight is 484 g/mol. The third-order valence-corrected chi connectivity index (χ3v) is 11.4. The predicted molar refractivity (Wildman–Crippen MR) is 131 cm³/mol. The number of halogens is 1. The van der Waals surface area contributed by atoms with Crippen molar-refractivity contribution < 1.29 is 18.4 Å². The Labute approximate surface area is 198 Å². The largest absolute Gasteiger partial charge is 0.462 e. The number of nitrogens with one attached hydrogen (secondary N) is 3. The van der Waals surface area contributed by atoms with Crippen molar-refractivity contribution in [2.75, 3.05) is 10.6 Å². The molecule has 1 saturated carbocycles. The average Bonchev–Trinajstić information content (AvgIpc) is 3.38. The van der Waals surface area contributed by atoms with Gasteiger partial charge in [0.2, 0.25) is 5.91 Å². The molecule has 180 valence electrons. The summed E-state index contributed by atoms with van der Waals surface area (Å²) in [5.41, 5.74) is 1.08. The minimum absolute atomic E-state index is 0.00701. The van der Waals surface area contributed by atoms with E-state index in [4.69, 9.17) is 4.42 Å². The van der Waals surface area contributed by atoms with Crippen molar-refractivity contribution in [3.05, 3.63) is 41.5 Å². The molecule has 2 aromatic heterocycles. The van der Waals surface area contributed by atoms with Crippen LogP contribution in [0.4, 0.5) is 20.7 Å². The number of rotatable bonds is 4. The zero-order chi connectivity index (χ0) is 24.5. The van der Waals surface area contributed by atoms with E-state index in [9.17, 15) is 14.0 Å². The number of hydrogen-bond acceptors (Lipinski definition) is 4. The highest BCUT2D eigenvalue weighted by molar-refractivity contribution is 6.83. The van der Waals surface area contributed by atoms with Crippen molar-refractivity contribution in [1.29, 1.82) is 0 Å². The maximum atomic E-state index is 14.5. The molecule has 0 saturated heterocycles. The summed E-state index contributed by atoms with van der Waals surface area (Å²) in [6.45, 7) is 10.7. The van der Waals surface area contributed by atoms with Crippen LogP contribution in [0, 0.1) is 5.82 Å². The molecular weight excluding hydrogens is 453 g/mol. The number of benzene rings is 1. The number of H-pyrrole nitrogens is 1. The lowest BCUT2D eigenvalue weighted by atomic mass is 9.83. The minimum atomic E-state index is -1.74. The zero-order valence-electron chi connectivity index (χ0n) is 20.1. The summed E-state index contributed by atoms with van der Waals surface area (Å²) in [5.74, 6) is -0.0789. The zero-order valence-corrected chi connectivity index (χ0v) is 21.1. The van der Waals surface area contributed by atoms with Gasteiger partial charge in [0.15, 0.2) is 17.2 Å². The molecule has 1 fully saturated rings. The van der Waals surface area contributed by atoms with E-state index in [1.807, 2.05) is 13.8 Å². The Bertz CT molecular complexity index is 1300. The smallest absolute Gasteiger partial charge is 0.323 e. The van der Waals surface area contributed by atoms with Crippen LogP contribution in [-0.4, -0.2) is 35.1 Å². The maximum absolute atomic E-state index is 14.5. The Kier molecular flexibility index (Phi) is 4.95. The van der Waals surface area contributed by atoms with Gasteiger partial charge in [-0.05, 0) is 44.9 Å². The number of furan rings is 1. The number of anilines is 2. The number of urea groups is 1. The van der Waals surface area contributed by atoms with Crippen LogP contribution in [0.15, 0.2) is 28.9 Å². The third kappa shape index (κ3) is 3.18. The second-order valence-corrected chi connectivity index (χ2v) is 16.4. The fourth-order valence-electron chi connectivity index (χ4n) is 5.32. The van der Waals surface area contributed by atoms with E-state index in [2.05, 4.69) is 40.5 Å². The van der Waals surface area contributed by atoms with E-state index in [0.717, 1.165) is 30.5 Å². The molecule has 0 radical (unpaired) electrons. The van der Waals surface area contributed by atoms with Crippen molar-refractivity contribution >= 4 is 42.5 Å². The van der Waals surface area contributed by atoms with Crippen LogP contribution in [0.25, 0.3) is 11.0 Å². The molecule has 10 heteroatoms. The van der Waals surface area contributed by atoms with Crippen LogP contribution < -0.4 is 10.6 Å². The number of carbonyl (C=O) groups is 2. The van der Waals surface area contributed by atoms with Gasteiger partial charge in [-0.1, -0.05) is 26.1 Å². The van der Waals surface area contributed by atoms with Crippen molar-refractivity contribution in [3.63, 3.8) is 0 Å². The summed E-state index contributed by atoms with van der Waals surface area (Å²) in [6.07, 6.45) is 4.34. The Hall–Kier alpha value is -3.14. The van der Waals surface area contributed by atoms with E-state index >= 15 is 0 Å². The summed E-state index contributed by atoms with van der Waals surface area (Å²) in [6, 6.07) is 4.15. The van der Waals surface area contributed by atoms with E-state index in [1.54, 1.807) is 17.0 Å². The molecule has 34 heavy (non-hydrogen) atoms. The molecule has 1 aliphatic carbocycles. The predicted octanol–water partition coefficient (Wildman–Crippen LogP) is 5.78. The molecule has 3 heterocycles. The number of aromatic amines is 1. The molecule has 0 spiro atoms. The molecule has 0 unspecified atom stereocenters. The highest BCUT2D eigenvalue weighted by Gasteiger charge is 2.54. The molecule has 2 aliphatic rings. The lowest BCUT2D eigenvalue weighted by Gasteiger charge is -2.48. The number of nitrogens with zero attached hydrogens (tertiary/aromatic N) is 2. The van der Waals surface area contributed by atoms with Gasteiger partial charge in [0, 0.05) is 16.0 Å². The number of carbonyl (C=O) groups excluding carboxylic acids is 2. The van der Waals surface area contributed by atoms with Gasteiger partial charge in [-0.15, -0.1) is 0 Å². The van der Waals surface area contributed by atoms with Gasteiger partial charge in [0.1, 0.15) is 5.69 Å². The second kappa shape index (κ2) is 7.43. The van der Waals surface area contributed by atoms with Gasteiger partial charge in [-0.3, -0.25) is 9.89 Å². The number of aromatic nitrogens is 2. The molecule has 8 nitrogen and oxygen atoms in total. The van der Waals surface area contributed by atoms with E-state index in [1.165, 1.54) is 12.3 Å². The first-order chi connectivity index (χ1) is 16.0. The van der Waals surface area contributed by atoms with Gasteiger partial charge in [0.25, 0.3) is 0 Å². The number of hydrogen-bond donors (Lipinski definition) is 3. The molecule has 0 atom stereocenters. The van der Waals surface area contributed by atoms with E-state index < -0.39 is 25.5 Å². The summed E-state index contributed by atoms with van der Waals surface area (Å²) in [7, 11) is -1.74. The third-order valence-electron chi connectivity index (χ3n) is 7.83. The van der Waals surface area contributed by atoms with Crippen molar-refractivity contribution in [2.24, 2.45) is 0 Å². The van der Waals surface area contributed by atoms with Crippen molar-refractivity contribution in [2.45, 2.75) is 69.9 Å². The number of amides is 3. The molecule has 1 aliphatic heterocycles. The summed E-state index contributed by atoms with van der Waals surface area (Å²) in [4.78, 5) is 28.2.